The van der Waals surface area contributed by atoms with E-state index in [-0.39, 0.29) is 16.6 Å². The second-order valence-corrected chi connectivity index (χ2v) is 7.62. The van der Waals surface area contributed by atoms with E-state index in [9.17, 15) is 13.2 Å². The third-order valence-corrected chi connectivity index (χ3v) is 5.45. The van der Waals surface area contributed by atoms with Crippen molar-refractivity contribution < 1.29 is 17.9 Å². The van der Waals surface area contributed by atoms with Crippen LogP contribution in [0, 0.1) is 6.92 Å². The summed E-state index contributed by atoms with van der Waals surface area (Å²) in [5.41, 5.74) is 6.81. The molecule has 0 amide bonds. The Balaban J connectivity index is 1.91. The number of hydrogen-bond acceptors (Lipinski definition) is 6. The fraction of sp³-hybridized carbons (Fsp3) is 0.0588. The Kier molecular flexibility index (Phi) is 4.71. The van der Waals surface area contributed by atoms with Crippen LogP contribution in [0.1, 0.15) is 15.9 Å². The number of nitrogens with two attached hydrogens (primary N) is 1. The molecule has 0 aliphatic carbocycles. The summed E-state index contributed by atoms with van der Waals surface area (Å²) in [5.74, 6) is -1.06. The van der Waals surface area contributed by atoms with Crippen molar-refractivity contribution in [1.82, 2.24) is 9.19 Å². The highest BCUT2D eigenvalue weighted by molar-refractivity contribution is 7.90. The van der Waals surface area contributed by atoms with Gasteiger partial charge in [0.1, 0.15) is 5.82 Å². The van der Waals surface area contributed by atoms with Crippen LogP contribution in [0.15, 0.2) is 59.5 Å². The van der Waals surface area contributed by atoms with Crippen molar-refractivity contribution in [3.05, 3.63) is 70.7 Å². The molecule has 0 aliphatic heterocycles. The van der Waals surface area contributed by atoms with Gasteiger partial charge in [-0.2, -0.15) is 8.42 Å². The van der Waals surface area contributed by atoms with Crippen molar-refractivity contribution in [2.75, 3.05) is 5.73 Å². The quantitative estimate of drug-likeness (QED) is 0.685. The van der Waals surface area contributed by atoms with Gasteiger partial charge in [-0.15, -0.1) is 9.19 Å². The van der Waals surface area contributed by atoms with Crippen molar-refractivity contribution >= 4 is 33.4 Å². The molecule has 0 bridgehead atoms. The zero-order chi connectivity index (χ0) is 18.9. The molecule has 2 aromatic carbocycles. The summed E-state index contributed by atoms with van der Waals surface area (Å²) in [7, 11) is -4.04. The molecule has 3 rings (SSSR count). The van der Waals surface area contributed by atoms with Crippen molar-refractivity contribution in [2.45, 2.75) is 11.8 Å². The molecule has 1 heterocycles. The molecule has 0 fully saturated rings. The number of nitrogen functional groups attached to an aromatic ring is 1. The van der Waals surface area contributed by atoms with E-state index in [0.29, 0.717) is 14.7 Å². The van der Waals surface area contributed by atoms with Gasteiger partial charge in [0.15, 0.2) is 0 Å². The lowest BCUT2D eigenvalue weighted by atomic mass is 10.1. The van der Waals surface area contributed by atoms with Gasteiger partial charge in [0.2, 0.25) is 5.88 Å². The second-order valence-electron chi connectivity index (χ2n) is 5.41. The Labute approximate surface area is 155 Å². The van der Waals surface area contributed by atoms with Gasteiger partial charge in [-0.1, -0.05) is 29.8 Å². The summed E-state index contributed by atoms with van der Waals surface area (Å²) in [5, 5.41) is 4.20. The molecular weight excluding hydrogens is 378 g/mol. The number of halogens is 1. The SMILES string of the molecule is Cc1ccccc1C(=O)Oc1cc(N)n(S(=O)(=O)c2ccc(Cl)cc2)n1. The molecule has 134 valence electrons. The van der Waals surface area contributed by atoms with Crippen LogP contribution in [0.3, 0.4) is 0 Å². The first-order valence-corrected chi connectivity index (χ1v) is 9.25. The summed E-state index contributed by atoms with van der Waals surface area (Å²) < 4.78 is 31.0. The summed E-state index contributed by atoms with van der Waals surface area (Å²) in [6.45, 7) is 1.76. The van der Waals surface area contributed by atoms with Crippen LogP contribution in [-0.2, 0) is 10.0 Å². The number of esters is 1. The van der Waals surface area contributed by atoms with E-state index in [1.165, 1.54) is 30.3 Å². The van der Waals surface area contributed by atoms with Crippen LogP contribution in [-0.4, -0.2) is 23.6 Å². The van der Waals surface area contributed by atoms with Crippen molar-refractivity contribution in [3.8, 4) is 5.88 Å². The Morgan fingerprint density at radius 2 is 1.81 bits per heavy atom. The van der Waals surface area contributed by atoms with Gasteiger partial charge in [0.05, 0.1) is 10.5 Å². The summed E-state index contributed by atoms with van der Waals surface area (Å²) in [6, 6.07) is 13.6. The number of rotatable bonds is 4. The topological polar surface area (TPSA) is 104 Å². The Bertz CT molecular complexity index is 1080. The molecule has 3 aromatic rings. The van der Waals surface area contributed by atoms with Crippen LogP contribution in [0.2, 0.25) is 5.02 Å². The highest BCUT2D eigenvalue weighted by atomic mass is 35.5. The number of ether oxygens (including phenoxy) is 1. The predicted molar refractivity (Wildman–Crippen MR) is 96.8 cm³/mol. The molecule has 0 saturated carbocycles. The lowest BCUT2D eigenvalue weighted by Gasteiger charge is -2.06. The average molecular weight is 392 g/mol. The maximum atomic E-state index is 12.6. The molecular formula is C17H14ClN3O4S. The number of aromatic nitrogens is 2. The first kappa shape index (κ1) is 18.0. The van der Waals surface area contributed by atoms with E-state index < -0.39 is 16.0 Å². The van der Waals surface area contributed by atoms with Gasteiger partial charge in [0, 0.05) is 11.1 Å². The molecule has 0 unspecified atom stereocenters. The monoisotopic (exact) mass is 391 g/mol. The molecule has 26 heavy (non-hydrogen) atoms. The van der Waals surface area contributed by atoms with Crippen molar-refractivity contribution in [1.29, 1.82) is 0 Å². The maximum absolute atomic E-state index is 12.6. The number of anilines is 1. The summed E-state index contributed by atoms with van der Waals surface area (Å²) >= 11 is 5.77. The zero-order valence-corrected chi connectivity index (χ0v) is 15.2. The first-order chi connectivity index (χ1) is 12.3. The number of carbonyl (C=O) groups excluding carboxylic acids is 1. The maximum Gasteiger partial charge on any atom is 0.345 e. The van der Waals surface area contributed by atoms with Crippen LogP contribution < -0.4 is 10.5 Å². The third kappa shape index (κ3) is 3.42. The molecule has 7 nitrogen and oxygen atoms in total. The largest absolute Gasteiger partial charge is 0.402 e. The number of aryl methyl sites for hydroxylation is 1. The molecule has 0 aliphatic rings. The van der Waals surface area contributed by atoms with E-state index in [4.69, 9.17) is 22.1 Å². The number of nitrogens with zero attached hydrogens (tertiary/aromatic N) is 2. The Morgan fingerprint density at radius 1 is 1.15 bits per heavy atom. The molecule has 2 N–H and O–H groups in total. The van der Waals surface area contributed by atoms with Crippen molar-refractivity contribution in [3.63, 3.8) is 0 Å². The van der Waals surface area contributed by atoms with E-state index in [1.54, 1.807) is 31.2 Å². The lowest BCUT2D eigenvalue weighted by molar-refractivity contribution is 0.0726. The second kappa shape index (κ2) is 6.81. The van der Waals surface area contributed by atoms with Gasteiger partial charge < -0.3 is 10.5 Å². The molecule has 0 spiro atoms. The molecule has 9 heteroatoms. The standard InChI is InChI=1S/C17H14ClN3O4S/c1-11-4-2-3-5-14(11)17(22)25-16-10-15(19)21(20-16)26(23,24)13-8-6-12(18)7-9-13/h2-10H,19H2,1H3. The third-order valence-electron chi connectivity index (χ3n) is 3.58. The van der Waals surface area contributed by atoms with Gasteiger partial charge >= 0.3 is 5.97 Å². The van der Waals surface area contributed by atoms with E-state index in [1.807, 2.05) is 0 Å². The smallest absolute Gasteiger partial charge is 0.345 e. The van der Waals surface area contributed by atoms with E-state index in [2.05, 4.69) is 5.10 Å². The number of hydrogen-bond donors (Lipinski definition) is 1. The van der Waals surface area contributed by atoms with E-state index >= 15 is 0 Å². The lowest BCUT2D eigenvalue weighted by Crippen LogP contribution is -2.17. The Morgan fingerprint density at radius 3 is 2.46 bits per heavy atom. The summed E-state index contributed by atoms with van der Waals surface area (Å²) in [4.78, 5) is 12.2. The minimum atomic E-state index is -4.04. The average Bonchev–Trinajstić information content (AvgIpc) is 2.96. The van der Waals surface area contributed by atoms with Gasteiger partial charge in [0.25, 0.3) is 10.0 Å². The summed E-state index contributed by atoms with van der Waals surface area (Å²) in [6.07, 6.45) is 0. The van der Waals surface area contributed by atoms with Crippen LogP contribution in [0.4, 0.5) is 5.82 Å². The van der Waals surface area contributed by atoms with Gasteiger partial charge in [-0.3, -0.25) is 0 Å². The van der Waals surface area contributed by atoms with Crippen LogP contribution >= 0.6 is 11.6 Å². The van der Waals surface area contributed by atoms with E-state index in [0.717, 1.165) is 5.56 Å². The molecule has 0 saturated heterocycles. The van der Waals surface area contributed by atoms with Crippen LogP contribution in [0.5, 0.6) is 5.88 Å². The van der Waals surface area contributed by atoms with Gasteiger partial charge in [-0.05, 0) is 42.8 Å². The first-order valence-electron chi connectivity index (χ1n) is 7.43. The molecule has 0 atom stereocenters. The molecule has 0 radical (unpaired) electrons. The van der Waals surface area contributed by atoms with Crippen LogP contribution in [0.25, 0.3) is 0 Å². The minimum absolute atomic E-state index is 0.0477. The Hall–Kier alpha value is -2.84. The van der Waals surface area contributed by atoms with Crippen molar-refractivity contribution in [2.24, 2.45) is 0 Å². The molecule has 1 aromatic heterocycles. The number of carbonyl (C=O) groups is 1. The minimum Gasteiger partial charge on any atom is -0.402 e. The fourth-order valence-corrected chi connectivity index (χ4v) is 3.58. The highest BCUT2D eigenvalue weighted by Gasteiger charge is 2.23. The highest BCUT2D eigenvalue weighted by Crippen LogP contribution is 2.23. The zero-order valence-electron chi connectivity index (χ0n) is 13.6. The fourth-order valence-electron chi connectivity index (χ4n) is 2.26. The predicted octanol–water partition coefficient (Wildman–Crippen LogP) is 2.88. The van der Waals surface area contributed by atoms with Gasteiger partial charge in [-0.25, -0.2) is 4.79 Å². The normalized spacial score (nSPS) is 11.3. The number of benzene rings is 2.